The summed E-state index contributed by atoms with van der Waals surface area (Å²) >= 11 is 3.37. The minimum Gasteiger partial charge on any atom is -0.339 e. The summed E-state index contributed by atoms with van der Waals surface area (Å²) < 4.78 is 0.848. The molecule has 1 saturated heterocycles. The lowest BCUT2D eigenvalue weighted by Gasteiger charge is -2.32. The fraction of sp³-hybridized carbons (Fsp3) is 0.368. The van der Waals surface area contributed by atoms with Gasteiger partial charge in [0.2, 0.25) is 0 Å². The number of nitrogens with zero attached hydrogens (tertiary/aromatic N) is 2. The first-order chi connectivity index (χ1) is 11.2. The molecule has 0 radical (unpaired) electrons. The summed E-state index contributed by atoms with van der Waals surface area (Å²) in [5.74, 6) is 0.820. The van der Waals surface area contributed by atoms with Crippen LogP contribution in [-0.4, -0.2) is 28.9 Å². The predicted octanol–water partition coefficient (Wildman–Crippen LogP) is 4.33. The molecule has 3 rings (SSSR count). The first-order valence-corrected chi connectivity index (χ1v) is 8.95. The molecule has 0 spiro atoms. The Morgan fingerprint density at radius 1 is 1.17 bits per heavy atom. The van der Waals surface area contributed by atoms with Gasteiger partial charge in [-0.1, -0.05) is 30.3 Å². The first-order valence-electron chi connectivity index (χ1n) is 8.16. The Balaban J connectivity index is 1.49. The molecule has 1 aromatic heterocycles. The van der Waals surface area contributed by atoms with E-state index in [9.17, 15) is 4.79 Å². The number of carbonyl (C=O) groups excluding carboxylic acids is 1. The molecular formula is C19H21BrN2O. The monoisotopic (exact) mass is 372 g/mol. The Bertz CT molecular complexity index is 651. The highest BCUT2D eigenvalue weighted by Crippen LogP contribution is 2.24. The van der Waals surface area contributed by atoms with E-state index in [0.29, 0.717) is 5.56 Å². The number of aromatic nitrogens is 1. The minimum atomic E-state index is 0.0975. The Hall–Kier alpha value is -1.68. The number of likely N-dealkylation sites (tertiary alicyclic amines) is 1. The molecule has 1 fully saturated rings. The van der Waals surface area contributed by atoms with Gasteiger partial charge < -0.3 is 4.90 Å². The van der Waals surface area contributed by atoms with Gasteiger partial charge in [0, 0.05) is 30.0 Å². The average molecular weight is 373 g/mol. The second kappa shape index (κ2) is 7.73. The normalized spacial score (nSPS) is 15.6. The highest BCUT2D eigenvalue weighted by Gasteiger charge is 2.23. The van der Waals surface area contributed by atoms with Crippen LogP contribution in [0, 0.1) is 5.92 Å². The van der Waals surface area contributed by atoms with Gasteiger partial charge >= 0.3 is 0 Å². The zero-order valence-corrected chi connectivity index (χ0v) is 14.7. The molecule has 4 heteroatoms. The summed E-state index contributed by atoms with van der Waals surface area (Å²) in [6.45, 7) is 1.70. The first kappa shape index (κ1) is 16.2. The number of hydrogen-bond donors (Lipinski definition) is 0. The molecule has 0 bridgehead atoms. The van der Waals surface area contributed by atoms with Crippen LogP contribution in [0.2, 0.25) is 0 Å². The standard InChI is InChI=1S/C19H21BrN2O/c20-18-12-17(13-21-14-18)19(23)22-10-8-16(9-11-22)7-6-15-4-2-1-3-5-15/h1-5,12-14,16H,6-11H2. The number of carbonyl (C=O) groups is 1. The van der Waals surface area contributed by atoms with Crippen molar-refractivity contribution >= 4 is 21.8 Å². The van der Waals surface area contributed by atoms with Crippen molar-refractivity contribution in [3.63, 3.8) is 0 Å². The number of benzene rings is 1. The lowest BCUT2D eigenvalue weighted by molar-refractivity contribution is 0.0686. The number of rotatable bonds is 4. The van der Waals surface area contributed by atoms with E-state index < -0.39 is 0 Å². The molecular weight excluding hydrogens is 352 g/mol. The summed E-state index contributed by atoms with van der Waals surface area (Å²) in [4.78, 5) is 18.5. The lowest BCUT2D eigenvalue weighted by atomic mass is 9.90. The van der Waals surface area contributed by atoms with Crippen LogP contribution in [-0.2, 0) is 6.42 Å². The third-order valence-corrected chi connectivity index (χ3v) is 4.97. The molecule has 1 aromatic carbocycles. The van der Waals surface area contributed by atoms with Crippen molar-refractivity contribution in [1.82, 2.24) is 9.88 Å². The molecule has 120 valence electrons. The largest absolute Gasteiger partial charge is 0.339 e. The van der Waals surface area contributed by atoms with Gasteiger partial charge in [-0.25, -0.2) is 0 Å². The van der Waals surface area contributed by atoms with E-state index >= 15 is 0 Å². The van der Waals surface area contributed by atoms with Crippen molar-refractivity contribution in [3.8, 4) is 0 Å². The fourth-order valence-electron chi connectivity index (χ4n) is 3.15. The van der Waals surface area contributed by atoms with E-state index in [1.165, 1.54) is 12.0 Å². The predicted molar refractivity (Wildman–Crippen MR) is 95.3 cm³/mol. The van der Waals surface area contributed by atoms with E-state index in [1.54, 1.807) is 12.4 Å². The average Bonchev–Trinajstić information content (AvgIpc) is 2.61. The summed E-state index contributed by atoms with van der Waals surface area (Å²) in [5, 5.41) is 0. The Labute approximate surface area is 145 Å². The summed E-state index contributed by atoms with van der Waals surface area (Å²) in [5.41, 5.74) is 2.08. The van der Waals surface area contributed by atoms with Gasteiger partial charge in [-0.3, -0.25) is 9.78 Å². The van der Waals surface area contributed by atoms with E-state index in [0.717, 1.165) is 42.7 Å². The number of piperidine rings is 1. The second-order valence-corrected chi connectivity index (χ2v) is 7.07. The zero-order chi connectivity index (χ0) is 16.1. The van der Waals surface area contributed by atoms with Crippen LogP contribution < -0.4 is 0 Å². The van der Waals surface area contributed by atoms with Crippen molar-refractivity contribution in [2.24, 2.45) is 5.92 Å². The van der Waals surface area contributed by atoms with Crippen LogP contribution in [0.3, 0.4) is 0 Å². The maximum atomic E-state index is 12.5. The maximum Gasteiger partial charge on any atom is 0.255 e. The van der Waals surface area contributed by atoms with Gasteiger partial charge in [-0.15, -0.1) is 0 Å². The smallest absolute Gasteiger partial charge is 0.255 e. The summed E-state index contributed by atoms with van der Waals surface area (Å²) in [6.07, 6.45) is 7.89. The molecule has 1 amide bonds. The number of halogens is 1. The Kier molecular flexibility index (Phi) is 5.44. The van der Waals surface area contributed by atoms with Crippen molar-refractivity contribution in [2.75, 3.05) is 13.1 Å². The number of hydrogen-bond acceptors (Lipinski definition) is 2. The molecule has 23 heavy (non-hydrogen) atoms. The van der Waals surface area contributed by atoms with Gasteiger partial charge in [-0.05, 0) is 59.2 Å². The SMILES string of the molecule is O=C(c1cncc(Br)c1)N1CCC(CCc2ccccc2)CC1. The van der Waals surface area contributed by atoms with E-state index in [-0.39, 0.29) is 5.91 Å². The van der Waals surface area contributed by atoms with Gasteiger partial charge in [-0.2, -0.15) is 0 Å². The van der Waals surface area contributed by atoms with E-state index in [4.69, 9.17) is 0 Å². The minimum absolute atomic E-state index is 0.0975. The Morgan fingerprint density at radius 2 is 1.91 bits per heavy atom. The highest BCUT2D eigenvalue weighted by molar-refractivity contribution is 9.10. The molecule has 0 aliphatic carbocycles. The van der Waals surface area contributed by atoms with Gasteiger partial charge in [0.05, 0.1) is 5.56 Å². The molecule has 0 atom stereocenters. The van der Waals surface area contributed by atoms with E-state index in [2.05, 4.69) is 51.2 Å². The van der Waals surface area contributed by atoms with Crippen LogP contribution in [0.4, 0.5) is 0 Å². The van der Waals surface area contributed by atoms with Crippen LogP contribution in [0.15, 0.2) is 53.3 Å². The molecule has 0 saturated carbocycles. The summed E-state index contributed by atoms with van der Waals surface area (Å²) in [7, 11) is 0. The van der Waals surface area contributed by atoms with Crippen LogP contribution in [0.5, 0.6) is 0 Å². The van der Waals surface area contributed by atoms with Gasteiger partial charge in [0.15, 0.2) is 0 Å². The second-order valence-electron chi connectivity index (χ2n) is 6.15. The molecule has 0 unspecified atom stereocenters. The van der Waals surface area contributed by atoms with Crippen LogP contribution in [0.25, 0.3) is 0 Å². The van der Waals surface area contributed by atoms with Crippen LogP contribution >= 0.6 is 15.9 Å². The van der Waals surface area contributed by atoms with E-state index in [1.807, 2.05) is 11.0 Å². The molecule has 1 aliphatic heterocycles. The zero-order valence-electron chi connectivity index (χ0n) is 13.1. The number of aryl methyl sites for hydroxylation is 1. The topological polar surface area (TPSA) is 33.2 Å². The quantitative estimate of drug-likeness (QED) is 0.799. The van der Waals surface area contributed by atoms with Crippen LogP contribution in [0.1, 0.15) is 35.2 Å². The van der Waals surface area contributed by atoms with Gasteiger partial charge in [0.25, 0.3) is 5.91 Å². The van der Waals surface area contributed by atoms with Crippen molar-refractivity contribution < 1.29 is 4.79 Å². The molecule has 2 aromatic rings. The van der Waals surface area contributed by atoms with Crippen molar-refractivity contribution in [2.45, 2.75) is 25.7 Å². The molecule has 0 N–H and O–H groups in total. The molecule has 1 aliphatic rings. The lowest BCUT2D eigenvalue weighted by Crippen LogP contribution is -2.38. The number of pyridine rings is 1. The maximum absolute atomic E-state index is 12.5. The van der Waals surface area contributed by atoms with Crippen molar-refractivity contribution in [3.05, 3.63) is 64.4 Å². The van der Waals surface area contributed by atoms with Crippen molar-refractivity contribution in [1.29, 1.82) is 0 Å². The Morgan fingerprint density at radius 3 is 2.61 bits per heavy atom. The fourth-order valence-corrected chi connectivity index (χ4v) is 3.52. The summed E-state index contributed by atoms with van der Waals surface area (Å²) in [6, 6.07) is 12.5. The third kappa shape index (κ3) is 4.41. The highest BCUT2D eigenvalue weighted by atomic mass is 79.9. The number of amides is 1. The molecule has 3 nitrogen and oxygen atoms in total. The van der Waals surface area contributed by atoms with Gasteiger partial charge in [0.1, 0.15) is 0 Å². The molecule has 2 heterocycles. The third-order valence-electron chi connectivity index (χ3n) is 4.54.